The highest BCUT2D eigenvalue weighted by atomic mass is 15.2. The molecule has 0 radical (unpaired) electrons. The standard InChI is InChI=1S/C15H11N5/c16-9-11-4-3-5-12(8-11)10-17-15-18-13-6-1-2-7-14(13)19-20-15/h1-8H,10H2,(H,17,18,20). The van der Waals surface area contributed by atoms with E-state index in [9.17, 15) is 0 Å². The van der Waals surface area contributed by atoms with Crippen LogP contribution in [0.1, 0.15) is 11.1 Å². The summed E-state index contributed by atoms with van der Waals surface area (Å²) in [7, 11) is 0. The zero-order valence-corrected chi connectivity index (χ0v) is 10.6. The number of hydrogen-bond donors (Lipinski definition) is 1. The Morgan fingerprint density at radius 1 is 1.00 bits per heavy atom. The monoisotopic (exact) mass is 261 g/mol. The molecule has 0 amide bonds. The predicted molar refractivity (Wildman–Crippen MR) is 75.8 cm³/mol. The second-order valence-electron chi connectivity index (χ2n) is 4.29. The van der Waals surface area contributed by atoms with Crippen LogP contribution in [0.2, 0.25) is 0 Å². The summed E-state index contributed by atoms with van der Waals surface area (Å²) in [4.78, 5) is 4.38. The molecule has 20 heavy (non-hydrogen) atoms. The van der Waals surface area contributed by atoms with Crippen LogP contribution in [0, 0.1) is 11.3 Å². The van der Waals surface area contributed by atoms with Crippen LogP contribution in [0.15, 0.2) is 48.5 Å². The number of anilines is 1. The maximum Gasteiger partial charge on any atom is 0.243 e. The third-order valence-electron chi connectivity index (χ3n) is 2.87. The SMILES string of the molecule is N#Cc1cccc(CNc2nnc3ccccc3n2)c1. The van der Waals surface area contributed by atoms with Gasteiger partial charge in [0.15, 0.2) is 0 Å². The largest absolute Gasteiger partial charge is 0.349 e. The van der Waals surface area contributed by atoms with Crippen LogP contribution < -0.4 is 5.32 Å². The number of para-hydroxylation sites is 1. The van der Waals surface area contributed by atoms with Crippen molar-refractivity contribution in [2.45, 2.75) is 6.54 Å². The molecule has 1 aromatic heterocycles. The van der Waals surface area contributed by atoms with Crippen molar-refractivity contribution in [3.8, 4) is 6.07 Å². The molecular formula is C15H11N5. The molecule has 96 valence electrons. The highest BCUT2D eigenvalue weighted by Gasteiger charge is 2.01. The number of aromatic nitrogens is 3. The Kier molecular flexibility index (Phi) is 3.21. The first-order valence-electron chi connectivity index (χ1n) is 6.17. The van der Waals surface area contributed by atoms with Gasteiger partial charge in [-0.2, -0.15) is 5.26 Å². The van der Waals surface area contributed by atoms with Crippen LogP contribution in [-0.2, 0) is 6.54 Å². The Hall–Kier alpha value is -3.00. The van der Waals surface area contributed by atoms with E-state index >= 15 is 0 Å². The molecule has 0 saturated heterocycles. The van der Waals surface area contributed by atoms with Gasteiger partial charge in [0.25, 0.3) is 0 Å². The van der Waals surface area contributed by atoms with E-state index in [2.05, 4.69) is 26.6 Å². The quantitative estimate of drug-likeness (QED) is 0.784. The van der Waals surface area contributed by atoms with E-state index < -0.39 is 0 Å². The first-order chi connectivity index (χ1) is 9.85. The summed E-state index contributed by atoms with van der Waals surface area (Å²) in [6.45, 7) is 0.551. The lowest BCUT2D eigenvalue weighted by Gasteiger charge is -2.05. The Balaban J connectivity index is 1.78. The van der Waals surface area contributed by atoms with Crippen LogP contribution in [0.25, 0.3) is 11.0 Å². The van der Waals surface area contributed by atoms with Crippen LogP contribution in [0.5, 0.6) is 0 Å². The smallest absolute Gasteiger partial charge is 0.243 e. The Morgan fingerprint density at radius 2 is 1.85 bits per heavy atom. The van der Waals surface area contributed by atoms with Crippen molar-refractivity contribution in [3.63, 3.8) is 0 Å². The van der Waals surface area contributed by atoms with Gasteiger partial charge in [-0.3, -0.25) is 0 Å². The van der Waals surface area contributed by atoms with E-state index in [0.29, 0.717) is 18.1 Å². The van der Waals surface area contributed by atoms with Gasteiger partial charge in [0.1, 0.15) is 5.52 Å². The molecule has 5 heteroatoms. The highest BCUT2D eigenvalue weighted by molar-refractivity contribution is 5.74. The van der Waals surface area contributed by atoms with E-state index in [1.807, 2.05) is 42.5 Å². The summed E-state index contributed by atoms with van der Waals surface area (Å²) >= 11 is 0. The number of rotatable bonds is 3. The fraction of sp³-hybridized carbons (Fsp3) is 0.0667. The van der Waals surface area contributed by atoms with Crippen LogP contribution in [-0.4, -0.2) is 15.2 Å². The minimum Gasteiger partial charge on any atom is -0.349 e. The fourth-order valence-corrected chi connectivity index (χ4v) is 1.89. The van der Waals surface area contributed by atoms with Gasteiger partial charge < -0.3 is 5.32 Å². The molecule has 0 saturated carbocycles. The second kappa shape index (κ2) is 5.33. The fourth-order valence-electron chi connectivity index (χ4n) is 1.89. The van der Waals surface area contributed by atoms with Crippen molar-refractivity contribution in [2.24, 2.45) is 0 Å². The van der Waals surface area contributed by atoms with E-state index in [-0.39, 0.29) is 0 Å². The third-order valence-corrected chi connectivity index (χ3v) is 2.87. The zero-order chi connectivity index (χ0) is 13.8. The van der Waals surface area contributed by atoms with E-state index in [1.165, 1.54) is 0 Å². The first kappa shape index (κ1) is 12.1. The van der Waals surface area contributed by atoms with Gasteiger partial charge in [0.2, 0.25) is 5.95 Å². The van der Waals surface area contributed by atoms with Crippen LogP contribution >= 0.6 is 0 Å². The highest BCUT2D eigenvalue weighted by Crippen LogP contribution is 2.10. The lowest BCUT2D eigenvalue weighted by atomic mass is 10.1. The van der Waals surface area contributed by atoms with E-state index in [1.54, 1.807) is 6.07 Å². The lowest BCUT2D eigenvalue weighted by molar-refractivity contribution is 0.984. The van der Waals surface area contributed by atoms with Crippen molar-refractivity contribution in [2.75, 3.05) is 5.32 Å². The normalized spacial score (nSPS) is 10.2. The molecule has 0 spiro atoms. The molecule has 1 heterocycles. The Morgan fingerprint density at radius 3 is 2.70 bits per heavy atom. The molecule has 1 N–H and O–H groups in total. The number of nitrogens with zero attached hydrogens (tertiary/aromatic N) is 4. The van der Waals surface area contributed by atoms with Gasteiger partial charge in [0, 0.05) is 6.54 Å². The number of nitrogens with one attached hydrogen (secondary N) is 1. The summed E-state index contributed by atoms with van der Waals surface area (Å²) in [5.41, 5.74) is 3.21. The van der Waals surface area contributed by atoms with Gasteiger partial charge in [-0.25, -0.2) is 4.98 Å². The minimum absolute atomic E-state index is 0.478. The summed E-state index contributed by atoms with van der Waals surface area (Å²) < 4.78 is 0. The molecule has 0 atom stereocenters. The van der Waals surface area contributed by atoms with E-state index in [0.717, 1.165) is 16.6 Å². The topological polar surface area (TPSA) is 74.5 Å². The Labute approximate surface area is 115 Å². The van der Waals surface area contributed by atoms with Crippen molar-refractivity contribution in [1.82, 2.24) is 15.2 Å². The molecule has 5 nitrogen and oxygen atoms in total. The first-order valence-corrected chi connectivity index (χ1v) is 6.17. The molecule has 0 unspecified atom stereocenters. The molecule has 0 aliphatic rings. The maximum absolute atomic E-state index is 8.86. The summed E-state index contributed by atoms with van der Waals surface area (Å²) in [5.74, 6) is 0.478. The number of nitriles is 1. The minimum atomic E-state index is 0.478. The molecule has 2 aromatic carbocycles. The molecule has 0 aliphatic heterocycles. The summed E-state index contributed by atoms with van der Waals surface area (Å²) in [6.07, 6.45) is 0. The second-order valence-corrected chi connectivity index (χ2v) is 4.29. The molecule has 0 fully saturated rings. The maximum atomic E-state index is 8.86. The molecule has 0 aliphatic carbocycles. The van der Waals surface area contributed by atoms with Crippen molar-refractivity contribution in [3.05, 3.63) is 59.7 Å². The average Bonchev–Trinajstić information content (AvgIpc) is 2.53. The molecule has 3 rings (SSSR count). The van der Waals surface area contributed by atoms with Crippen LogP contribution in [0.4, 0.5) is 5.95 Å². The van der Waals surface area contributed by atoms with Gasteiger partial charge >= 0.3 is 0 Å². The summed E-state index contributed by atoms with van der Waals surface area (Å²) in [5, 5.41) is 20.1. The summed E-state index contributed by atoms with van der Waals surface area (Å²) in [6, 6.07) is 17.1. The number of benzene rings is 2. The van der Waals surface area contributed by atoms with Crippen molar-refractivity contribution >= 4 is 17.0 Å². The Bertz CT molecular complexity index is 791. The zero-order valence-electron chi connectivity index (χ0n) is 10.6. The lowest BCUT2D eigenvalue weighted by Crippen LogP contribution is -2.05. The van der Waals surface area contributed by atoms with Gasteiger partial charge in [-0.05, 0) is 29.8 Å². The average molecular weight is 261 g/mol. The predicted octanol–water partition coefficient (Wildman–Crippen LogP) is 2.51. The number of hydrogen-bond acceptors (Lipinski definition) is 5. The molecular weight excluding hydrogens is 250 g/mol. The molecule has 0 bridgehead atoms. The van der Waals surface area contributed by atoms with Gasteiger partial charge in [-0.1, -0.05) is 24.3 Å². The third kappa shape index (κ3) is 2.54. The molecule has 3 aromatic rings. The van der Waals surface area contributed by atoms with Crippen LogP contribution in [0.3, 0.4) is 0 Å². The van der Waals surface area contributed by atoms with E-state index in [4.69, 9.17) is 5.26 Å². The van der Waals surface area contributed by atoms with Crippen molar-refractivity contribution in [1.29, 1.82) is 5.26 Å². The van der Waals surface area contributed by atoms with Gasteiger partial charge in [-0.15, -0.1) is 10.2 Å². The van der Waals surface area contributed by atoms with Crippen molar-refractivity contribution < 1.29 is 0 Å². The number of fused-ring (bicyclic) bond motifs is 1. The van der Waals surface area contributed by atoms with Gasteiger partial charge in [0.05, 0.1) is 17.1 Å².